The molecule has 5 rings (SSSR count). The molecule has 132 valence electrons. The lowest BCUT2D eigenvalue weighted by molar-refractivity contribution is -0.931. The van der Waals surface area contributed by atoms with Crippen molar-refractivity contribution in [1.29, 1.82) is 0 Å². The van der Waals surface area contributed by atoms with E-state index in [1.165, 1.54) is 15.4 Å². The van der Waals surface area contributed by atoms with E-state index in [9.17, 15) is 9.59 Å². The summed E-state index contributed by atoms with van der Waals surface area (Å²) in [6, 6.07) is 18.0. The number of nitrogens with one attached hydrogen (secondary N) is 1. The minimum absolute atomic E-state index is 0.00443. The number of rotatable bonds is 2. The predicted octanol–water partition coefficient (Wildman–Crippen LogP) is 2.36. The summed E-state index contributed by atoms with van der Waals surface area (Å²) in [5.74, 6) is -0.464. The highest BCUT2D eigenvalue weighted by Gasteiger charge is 2.66. The van der Waals surface area contributed by atoms with Crippen molar-refractivity contribution in [1.82, 2.24) is 0 Å². The molecule has 1 unspecified atom stereocenters. The van der Waals surface area contributed by atoms with Gasteiger partial charge >= 0.3 is 0 Å². The zero-order chi connectivity index (χ0) is 17.8. The monoisotopic (exact) mass is 411 g/mol. The summed E-state index contributed by atoms with van der Waals surface area (Å²) in [5, 5.41) is 0. The Bertz CT molecular complexity index is 867. The van der Waals surface area contributed by atoms with Crippen LogP contribution >= 0.6 is 15.9 Å². The maximum absolute atomic E-state index is 13.4. The van der Waals surface area contributed by atoms with Crippen LogP contribution in [0.4, 0.5) is 5.69 Å². The van der Waals surface area contributed by atoms with E-state index in [2.05, 4.69) is 28.1 Å². The lowest BCUT2D eigenvalue weighted by atomic mass is 9.85. The molecule has 26 heavy (non-hydrogen) atoms. The number of halogens is 1. The Labute approximate surface area is 160 Å². The Morgan fingerprint density at radius 2 is 1.62 bits per heavy atom. The van der Waals surface area contributed by atoms with Crippen LogP contribution < -0.4 is 9.80 Å². The van der Waals surface area contributed by atoms with Gasteiger partial charge in [-0.3, -0.25) is 9.59 Å². The van der Waals surface area contributed by atoms with E-state index >= 15 is 0 Å². The molecule has 3 heterocycles. The minimum Gasteiger partial charge on any atom is -0.325 e. The third kappa shape index (κ3) is 2.23. The molecule has 2 aromatic carbocycles. The highest BCUT2D eigenvalue weighted by Crippen LogP contribution is 2.44. The number of para-hydroxylation sites is 1. The van der Waals surface area contributed by atoms with Crippen LogP contribution in [0.15, 0.2) is 59.1 Å². The summed E-state index contributed by atoms with van der Waals surface area (Å²) in [6.07, 6.45) is 2.16. The van der Waals surface area contributed by atoms with E-state index in [1.807, 2.05) is 42.5 Å². The Morgan fingerprint density at radius 3 is 2.35 bits per heavy atom. The van der Waals surface area contributed by atoms with Gasteiger partial charge in [-0.25, -0.2) is 4.90 Å². The Morgan fingerprint density at radius 1 is 0.923 bits per heavy atom. The SMILES string of the molecule is O=C1[C@@H]2[C@H](C(=O)N1c1ccccc1)[C@@H](c1ccc(Br)cc1)[NH+]1CCC[C@@H]21. The number of carbonyl (C=O) groups is 2. The summed E-state index contributed by atoms with van der Waals surface area (Å²) < 4.78 is 1.03. The molecule has 0 aliphatic carbocycles. The van der Waals surface area contributed by atoms with Crippen molar-refractivity contribution in [2.45, 2.75) is 24.9 Å². The fourth-order valence-electron chi connectivity index (χ4n) is 5.33. The summed E-state index contributed by atoms with van der Waals surface area (Å²) in [5.41, 5.74) is 1.87. The van der Waals surface area contributed by atoms with Gasteiger partial charge in [-0.1, -0.05) is 46.3 Å². The smallest absolute Gasteiger partial charge is 0.244 e. The number of nitrogens with zero attached hydrogens (tertiary/aromatic N) is 1. The first kappa shape index (κ1) is 16.2. The van der Waals surface area contributed by atoms with Gasteiger partial charge in [-0.15, -0.1) is 0 Å². The van der Waals surface area contributed by atoms with E-state index in [0.29, 0.717) is 5.69 Å². The van der Waals surface area contributed by atoms with E-state index in [1.54, 1.807) is 0 Å². The molecule has 3 aliphatic rings. The molecule has 0 saturated carbocycles. The lowest BCUT2D eigenvalue weighted by Gasteiger charge is -2.26. The molecule has 2 amide bonds. The Kier molecular flexibility index (Phi) is 3.76. The zero-order valence-electron chi connectivity index (χ0n) is 14.3. The number of carbonyl (C=O) groups excluding carboxylic acids is 2. The molecular formula is C21H20BrN2O2+. The Balaban J connectivity index is 1.59. The van der Waals surface area contributed by atoms with Crippen LogP contribution in [0.5, 0.6) is 0 Å². The van der Waals surface area contributed by atoms with Crippen molar-refractivity contribution in [3.8, 4) is 0 Å². The van der Waals surface area contributed by atoms with Gasteiger partial charge in [0.1, 0.15) is 23.9 Å². The molecule has 1 N–H and O–H groups in total. The topological polar surface area (TPSA) is 41.8 Å². The normalized spacial score (nSPS) is 32.8. The van der Waals surface area contributed by atoms with Crippen LogP contribution in [-0.2, 0) is 9.59 Å². The van der Waals surface area contributed by atoms with Gasteiger partial charge in [0.05, 0.1) is 12.2 Å². The van der Waals surface area contributed by atoms with Gasteiger partial charge in [0.25, 0.3) is 0 Å². The molecule has 5 heteroatoms. The van der Waals surface area contributed by atoms with Crippen LogP contribution in [0.3, 0.4) is 0 Å². The van der Waals surface area contributed by atoms with Gasteiger partial charge < -0.3 is 4.90 Å². The molecule has 0 bridgehead atoms. The lowest BCUT2D eigenvalue weighted by Crippen LogP contribution is -3.12. The number of quaternary nitrogens is 1. The van der Waals surface area contributed by atoms with Crippen molar-refractivity contribution < 1.29 is 14.5 Å². The molecule has 3 saturated heterocycles. The molecule has 2 aromatic rings. The van der Waals surface area contributed by atoms with E-state index in [0.717, 1.165) is 23.9 Å². The van der Waals surface area contributed by atoms with Crippen LogP contribution in [0.1, 0.15) is 24.4 Å². The maximum Gasteiger partial charge on any atom is 0.244 e. The average molecular weight is 412 g/mol. The number of imide groups is 1. The largest absolute Gasteiger partial charge is 0.325 e. The van der Waals surface area contributed by atoms with Crippen molar-refractivity contribution in [2.75, 3.05) is 11.4 Å². The van der Waals surface area contributed by atoms with Crippen LogP contribution in [0.25, 0.3) is 0 Å². The van der Waals surface area contributed by atoms with Crippen molar-refractivity contribution >= 4 is 33.4 Å². The van der Waals surface area contributed by atoms with Crippen LogP contribution in [-0.4, -0.2) is 24.4 Å². The highest BCUT2D eigenvalue weighted by molar-refractivity contribution is 9.10. The van der Waals surface area contributed by atoms with Crippen molar-refractivity contribution in [3.05, 3.63) is 64.6 Å². The predicted molar refractivity (Wildman–Crippen MR) is 102 cm³/mol. The summed E-state index contributed by atoms with van der Waals surface area (Å²) >= 11 is 3.49. The molecular weight excluding hydrogens is 392 g/mol. The van der Waals surface area contributed by atoms with Crippen molar-refractivity contribution in [2.24, 2.45) is 11.8 Å². The first-order valence-corrected chi connectivity index (χ1v) is 10.00. The summed E-state index contributed by atoms with van der Waals surface area (Å²) in [7, 11) is 0. The number of fused-ring (bicyclic) bond motifs is 3. The number of hydrogen-bond donors (Lipinski definition) is 1. The second-order valence-corrected chi connectivity index (χ2v) is 8.42. The number of hydrogen-bond acceptors (Lipinski definition) is 2. The van der Waals surface area contributed by atoms with E-state index < -0.39 is 0 Å². The van der Waals surface area contributed by atoms with Gasteiger partial charge in [0.2, 0.25) is 11.8 Å². The molecule has 3 fully saturated rings. The minimum atomic E-state index is -0.246. The van der Waals surface area contributed by atoms with Gasteiger partial charge in [0.15, 0.2) is 0 Å². The molecule has 3 aliphatic heterocycles. The third-order valence-electron chi connectivity index (χ3n) is 6.29. The summed E-state index contributed by atoms with van der Waals surface area (Å²) in [4.78, 5) is 29.5. The maximum atomic E-state index is 13.4. The van der Waals surface area contributed by atoms with Crippen molar-refractivity contribution in [3.63, 3.8) is 0 Å². The zero-order valence-corrected chi connectivity index (χ0v) is 15.9. The van der Waals surface area contributed by atoms with E-state index in [-0.39, 0.29) is 35.7 Å². The van der Waals surface area contributed by atoms with Gasteiger partial charge in [-0.2, -0.15) is 0 Å². The Hall–Kier alpha value is -1.98. The molecule has 0 aromatic heterocycles. The first-order valence-electron chi connectivity index (χ1n) is 9.21. The molecule has 5 atom stereocenters. The van der Waals surface area contributed by atoms with Crippen LogP contribution in [0.2, 0.25) is 0 Å². The number of anilines is 1. The quantitative estimate of drug-likeness (QED) is 0.770. The van der Waals surface area contributed by atoms with Gasteiger partial charge in [0, 0.05) is 22.9 Å². The average Bonchev–Trinajstić information content (AvgIpc) is 3.29. The fourth-order valence-corrected chi connectivity index (χ4v) is 5.60. The third-order valence-corrected chi connectivity index (χ3v) is 6.82. The number of amides is 2. The molecule has 0 spiro atoms. The standard InChI is InChI=1S/C21H19BrN2O2/c22-14-10-8-13(9-11-14)19-18-17(16-7-4-12-23(16)19)20(25)24(21(18)26)15-5-2-1-3-6-15/h1-3,5-6,8-11,16-19H,4,7,12H2/p+1/t16-,17-,18-,19+/m0/s1. The first-order chi connectivity index (χ1) is 12.7. The van der Waals surface area contributed by atoms with Crippen LogP contribution in [0, 0.1) is 11.8 Å². The second kappa shape index (κ2) is 6.03. The van der Waals surface area contributed by atoms with Gasteiger partial charge in [-0.05, 0) is 24.3 Å². The summed E-state index contributed by atoms with van der Waals surface area (Å²) in [6.45, 7) is 1.05. The highest BCUT2D eigenvalue weighted by atomic mass is 79.9. The second-order valence-electron chi connectivity index (χ2n) is 7.50. The molecule has 0 radical (unpaired) electrons. The molecule has 4 nitrogen and oxygen atoms in total. The fraction of sp³-hybridized carbons (Fsp3) is 0.333. The van der Waals surface area contributed by atoms with E-state index in [4.69, 9.17) is 0 Å². The number of benzene rings is 2.